The van der Waals surface area contributed by atoms with Gasteiger partial charge in [-0.2, -0.15) is 4.37 Å². The van der Waals surface area contributed by atoms with Gasteiger partial charge < -0.3 is 21.1 Å². The van der Waals surface area contributed by atoms with E-state index in [-0.39, 0.29) is 23.1 Å². The number of primary amides is 1. The second-order valence-corrected chi connectivity index (χ2v) is 7.56. The Balaban J connectivity index is 1.95. The Morgan fingerprint density at radius 1 is 1.31 bits per heavy atom. The summed E-state index contributed by atoms with van der Waals surface area (Å²) in [4.78, 5) is 23.9. The van der Waals surface area contributed by atoms with E-state index >= 15 is 0 Å². The van der Waals surface area contributed by atoms with E-state index in [1.54, 1.807) is 19.1 Å². The van der Waals surface area contributed by atoms with Crippen molar-refractivity contribution in [3.8, 4) is 5.88 Å². The molecule has 2 rings (SSSR count). The van der Waals surface area contributed by atoms with Gasteiger partial charge in [0, 0.05) is 18.2 Å². The normalized spacial score (nSPS) is 10.8. The van der Waals surface area contributed by atoms with E-state index in [0.717, 1.165) is 30.1 Å². The first-order chi connectivity index (χ1) is 13.8. The van der Waals surface area contributed by atoms with Crippen LogP contribution in [0.4, 0.5) is 14.2 Å². The molecule has 5 N–H and O–H groups in total. The van der Waals surface area contributed by atoms with Crippen molar-refractivity contribution in [3.05, 3.63) is 40.7 Å². The number of anilines is 1. The zero-order chi connectivity index (χ0) is 21.4. The summed E-state index contributed by atoms with van der Waals surface area (Å²) in [6.45, 7) is 6.99. The van der Waals surface area contributed by atoms with Crippen molar-refractivity contribution < 1.29 is 18.7 Å². The van der Waals surface area contributed by atoms with E-state index < -0.39 is 17.8 Å². The van der Waals surface area contributed by atoms with Gasteiger partial charge in [0.2, 0.25) is 5.88 Å². The maximum absolute atomic E-state index is 13.9. The van der Waals surface area contributed by atoms with E-state index in [0.29, 0.717) is 18.2 Å². The van der Waals surface area contributed by atoms with Crippen LogP contribution < -0.4 is 26.4 Å². The molecule has 1 heterocycles. The molecular weight excluding hydrogens is 397 g/mol. The lowest BCUT2D eigenvalue weighted by atomic mass is 10.1. The van der Waals surface area contributed by atoms with Crippen LogP contribution in [0.3, 0.4) is 0 Å². The number of benzene rings is 1. The topological polar surface area (TPSA) is 118 Å². The summed E-state index contributed by atoms with van der Waals surface area (Å²) in [6.07, 6.45) is 0.757. The largest absolute Gasteiger partial charge is 0.471 e. The zero-order valence-electron chi connectivity index (χ0n) is 16.7. The van der Waals surface area contributed by atoms with Gasteiger partial charge in [-0.1, -0.05) is 26.0 Å². The molecule has 0 saturated carbocycles. The van der Waals surface area contributed by atoms with Gasteiger partial charge in [-0.15, -0.1) is 0 Å². The first kappa shape index (κ1) is 22.6. The van der Waals surface area contributed by atoms with Crippen LogP contribution >= 0.6 is 11.5 Å². The molecule has 158 valence electrons. The van der Waals surface area contributed by atoms with E-state index in [1.807, 2.05) is 13.8 Å². The molecule has 10 heteroatoms. The van der Waals surface area contributed by atoms with Gasteiger partial charge in [0.15, 0.2) is 0 Å². The number of carbonyl (C=O) groups excluding carboxylic acids is 2. The van der Waals surface area contributed by atoms with Crippen molar-refractivity contribution in [2.24, 2.45) is 5.73 Å². The molecule has 0 spiro atoms. The molecule has 8 nitrogen and oxygen atoms in total. The molecule has 0 unspecified atom stereocenters. The van der Waals surface area contributed by atoms with Gasteiger partial charge in [0.1, 0.15) is 23.0 Å². The van der Waals surface area contributed by atoms with Crippen LogP contribution in [0.15, 0.2) is 18.2 Å². The van der Waals surface area contributed by atoms with Crippen LogP contribution in [0.2, 0.25) is 0 Å². The number of halogens is 1. The fraction of sp³-hybridized carbons (Fsp3) is 0.421. The zero-order valence-corrected chi connectivity index (χ0v) is 17.5. The summed E-state index contributed by atoms with van der Waals surface area (Å²) in [5.74, 6) is -1.25. The van der Waals surface area contributed by atoms with Gasteiger partial charge >= 0.3 is 6.03 Å². The van der Waals surface area contributed by atoms with Gasteiger partial charge in [-0.25, -0.2) is 9.18 Å². The highest BCUT2D eigenvalue weighted by atomic mass is 32.1. The molecule has 3 amide bonds. The number of rotatable bonds is 10. The van der Waals surface area contributed by atoms with E-state index in [9.17, 15) is 14.0 Å². The standard InChI is InChI=1S/C19H26FN5O3S/c1-11(2)22-7-4-8-23-19(27)24-18-15(16(21)26)17(25-29-18)28-10-13-6-5-12(3)9-14(13)20/h5-6,9,11,22H,4,7-8,10H2,1-3H3,(H2,21,26)(H2,23,24,27). The number of hydrogen-bond acceptors (Lipinski definition) is 6. The number of aromatic nitrogens is 1. The Morgan fingerprint density at radius 2 is 2.07 bits per heavy atom. The summed E-state index contributed by atoms with van der Waals surface area (Å²) in [6, 6.07) is 4.65. The number of hydrogen-bond donors (Lipinski definition) is 4. The van der Waals surface area contributed by atoms with Crippen molar-refractivity contribution in [2.45, 2.75) is 39.8 Å². The van der Waals surface area contributed by atoms with Crippen molar-refractivity contribution in [2.75, 3.05) is 18.4 Å². The van der Waals surface area contributed by atoms with Crippen molar-refractivity contribution in [3.63, 3.8) is 0 Å². The Hall–Kier alpha value is -2.72. The molecule has 1 aromatic carbocycles. The molecule has 0 fully saturated rings. The number of nitrogens with zero attached hydrogens (tertiary/aromatic N) is 1. The Bertz CT molecular complexity index is 856. The fourth-order valence-electron chi connectivity index (χ4n) is 2.42. The van der Waals surface area contributed by atoms with Crippen molar-refractivity contribution in [1.82, 2.24) is 15.0 Å². The minimum atomic E-state index is -0.797. The Kier molecular flexibility index (Phi) is 8.34. The monoisotopic (exact) mass is 423 g/mol. The average molecular weight is 424 g/mol. The second kappa shape index (κ2) is 10.7. The highest BCUT2D eigenvalue weighted by Crippen LogP contribution is 2.30. The summed E-state index contributed by atoms with van der Waals surface area (Å²) in [5, 5.41) is 8.68. The van der Waals surface area contributed by atoms with Crippen molar-refractivity contribution in [1.29, 1.82) is 0 Å². The average Bonchev–Trinajstić information content (AvgIpc) is 3.03. The maximum atomic E-state index is 13.9. The van der Waals surface area contributed by atoms with Crippen LogP contribution in [0.25, 0.3) is 0 Å². The van der Waals surface area contributed by atoms with E-state index in [4.69, 9.17) is 10.5 Å². The van der Waals surface area contributed by atoms with Gasteiger partial charge in [0.05, 0.1) is 0 Å². The molecule has 29 heavy (non-hydrogen) atoms. The van der Waals surface area contributed by atoms with E-state index in [1.165, 1.54) is 6.07 Å². The number of nitrogens with one attached hydrogen (secondary N) is 3. The lowest BCUT2D eigenvalue weighted by Gasteiger charge is -2.10. The highest BCUT2D eigenvalue weighted by molar-refractivity contribution is 7.11. The molecule has 2 aromatic rings. The quantitative estimate of drug-likeness (QED) is 0.438. The maximum Gasteiger partial charge on any atom is 0.319 e. The second-order valence-electron chi connectivity index (χ2n) is 6.78. The third-order valence-corrected chi connectivity index (χ3v) is 4.64. The highest BCUT2D eigenvalue weighted by Gasteiger charge is 2.22. The summed E-state index contributed by atoms with van der Waals surface area (Å²) in [5.41, 5.74) is 6.48. The Morgan fingerprint density at radius 3 is 2.72 bits per heavy atom. The SMILES string of the molecule is Cc1ccc(COc2nsc(NC(=O)NCCCNC(C)C)c2C(N)=O)c(F)c1. The molecule has 0 radical (unpaired) electrons. The molecule has 0 saturated heterocycles. The molecule has 0 aliphatic rings. The Labute approximate surface area is 173 Å². The van der Waals surface area contributed by atoms with Crippen LogP contribution in [0.5, 0.6) is 5.88 Å². The summed E-state index contributed by atoms with van der Waals surface area (Å²) in [7, 11) is 0. The van der Waals surface area contributed by atoms with Gasteiger partial charge in [0.25, 0.3) is 5.91 Å². The number of urea groups is 1. The van der Waals surface area contributed by atoms with Crippen molar-refractivity contribution >= 4 is 28.5 Å². The van der Waals surface area contributed by atoms with Gasteiger partial charge in [-0.05, 0) is 43.1 Å². The predicted molar refractivity (Wildman–Crippen MR) is 111 cm³/mol. The van der Waals surface area contributed by atoms with Crippen LogP contribution in [0.1, 0.15) is 41.8 Å². The lowest BCUT2D eigenvalue weighted by molar-refractivity contribution is 0.0996. The molecule has 0 atom stereocenters. The molecule has 0 aliphatic carbocycles. The number of nitrogens with two attached hydrogens (primary N) is 1. The minimum absolute atomic E-state index is 0.0425. The predicted octanol–water partition coefficient (Wildman–Crippen LogP) is 2.78. The third-order valence-electron chi connectivity index (χ3n) is 3.90. The lowest BCUT2D eigenvalue weighted by Crippen LogP contribution is -2.32. The third kappa shape index (κ3) is 6.99. The van der Waals surface area contributed by atoms with Gasteiger partial charge in [-0.3, -0.25) is 10.1 Å². The molecule has 0 bridgehead atoms. The number of aryl methyl sites for hydroxylation is 1. The summed E-state index contributed by atoms with van der Waals surface area (Å²) < 4.78 is 23.5. The van der Waals surface area contributed by atoms with Crippen LogP contribution in [-0.4, -0.2) is 35.4 Å². The van der Waals surface area contributed by atoms with Crippen LogP contribution in [0, 0.1) is 12.7 Å². The first-order valence-electron chi connectivity index (χ1n) is 9.23. The van der Waals surface area contributed by atoms with E-state index in [2.05, 4.69) is 20.3 Å². The number of carbonyl (C=O) groups is 2. The molecular formula is C19H26FN5O3S. The number of ether oxygens (including phenoxy) is 1. The summed E-state index contributed by atoms with van der Waals surface area (Å²) >= 11 is 0.868. The number of amides is 3. The fourth-order valence-corrected chi connectivity index (χ4v) is 3.16. The first-order valence-corrected chi connectivity index (χ1v) is 10.0. The minimum Gasteiger partial charge on any atom is -0.471 e. The molecule has 1 aromatic heterocycles. The smallest absolute Gasteiger partial charge is 0.319 e. The molecule has 0 aliphatic heterocycles. The van der Waals surface area contributed by atoms with Crippen LogP contribution in [-0.2, 0) is 6.61 Å².